The van der Waals surface area contributed by atoms with E-state index in [1.165, 1.54) is 0 Å². The number of phenolic OH excluding ortho intramolecular Hbond substituents is 1. The van der Waals surface area contributed by atoms with E-state index in [4.69, 9.17) is 11.6 Å². The second-order valence-electron chi connectivity index (χ2n) is 7.41. The molecular formula is C22H27ClN2O2. The number of nitrogens with zero attached hydrogens (tertiary/aromatic N) is 2. The smallest absolute Gasteiger partial charge is 0.223 e. The van der Waals surface area contributed by atoms with Crippen molar-refractivity contribution in [1.29, 1.82) is 0 Å². The summed E-state index contributed by atoms with van der Waals surface area (Å²) in [5.74, 6) is 0.116. The number of rotatable bonds is 5. The molecule has 1 heterocycles. The van der Waals surface area contributed by atoms with E-state index in [-0.39, 0.29) is 23.6 Å². The standard InChI is InChI=1S/C22H27ClN2O2/c1-24-12-10-17(11-13-24)25(2)22(27)15-20(16-6-5-7-18(26)14-16)19-8-3-4-9-21(19)23/h3-9,14,17,20,26H,10-13,15H2,1-2H3/t20-/m1/s1. The van der Waals surface area contributed by atoms with E-state index in [2.05, 4.69) is 11.9 Å². The van der Waals surface area contributed by atoms with Gasteiger partial charge in [-0.1, -0.05) is 41.9 Å². The maximum atomic E-state index is 13.1. The second kappa shape index (κ2) is 8.77. The van der Waals surface area contributed by atoms with E-state index in [1.54, 1.807) is 18.2 Å². The third-order valence-electron chi connectivity index (χ3n) is 5.56. The van der Waals surface area contributed by atoms with Crippen LogP contribution in [0.3, 0.4) is 0 Å². The SMILES string of the molecule is CN1CCC(N(C)C(=O)C[C@H](c2cccc(O)c2)c2ccccc2Cl)CC1. The molecule has 0 unspecified atom stereocenters. The van der Waals surface area contributed by atoms with Crippen molar-refractivity contribution < 1.29 is 9.90 Å². The van der Waals surface area contributed by atoms with Gasteiger partial charge in [-0.25, -0.2) is 0 Å². The number of amides is 1. The molecule has 1 aliphatic heterocycles. The van der Waals surface area contributed by atoms with E-state index in [0.29, 0.717) is 11.4 Å². The van der Waals surface area contributed by atoms with Crippen LogP contribution in [0.1, 0.15) is 36.3 Å². The lowest BCUT2D eigenvalue weighted by atomic mass is 9.87. The van der Waals surface area contributed by atoms with Crippen molar-refractivity contribution in [2.24, 2.45) is 0 Å². The molecule has 0 spiro atoms. The first-order valence-corrected chi connectivity index (χ1v) is 9.81. The van der Waals surface area contributed by atoms with E-state index in [9.17, 15) is 9.90 Å². The summed E-state index contributed by atoms with van der Waals surface area (Å²) in [4.78, 5) is 17.3. The van der Waals surface area contributed by atoms with Crippen LogP contribution in [0.15, 0.2) is 48.5 Å². The number of halogens is 1. The normalized spacial score (nSPS) is 16.9. The molecular weight excluding hydrogens is 360 g/mol. The molecule has 0 radical (unpaired) electrons. The molecule has 1 atom stereocenters. The monoisotopic (exact) mass is 386 g/mol. The van der Waals surface area contributed by atoms with Gasteiger partial charge in [-0.3, -0.25) is 4.79 Å². The van der Waals surface area contributed by atoms with Crippen molar-refractivity contribution in [1.82, 2.24) is 9.80 Å². The molecule has 0 saturated carbocycles. The van der Waals surface area contributed by atoms with Gasteiger partial charge in [0.15, 0.2) is 0 Å². The van der Waals surface area contributed by atoms with Crippen molar-refractivity contribution in [3.8, 4) is 5.75 Å². The highest BCUT2D eigenvalue weighted by Gasteiger charge is 2.27. The molecule has 1 aliphatic rings. The minimum Gasteiger partial charge on any atom is -0.508 e. The molecule has 2 aromatic carbocycles. The lowest BCUT2D eigenvalue weighted by molar-refractivity contribution is -0.133. The van der Waals surface area contributed by atoms with Crippen molar-refractivity contribution in [2.45, 2.75) is 31.2 Å². The second-order valence-corrected chi connectivity index (χ2v) is 7.82. The highest BCUT2D eigenvalue weighted by atomic mass is 35.5. The fourth-order valence-corrected chi connectivity index (χ4v) is 4.08. The fraction of sp³-hybridized carbons (Fsp3) is 0.409. The molecule has 4 nitrogen and oxygen atoms in total. The first kappa shape index (κ1) is 19.7. The summed E-state index contributed by atoms with van der Waals surface area (Å²) in [6, 6.07) is 15.0. The van der Waals surface area contributed by atoms with Crippen LogP contribution in [0.5, 0.6) is 5.75 Å². The highest BCUT2D eigenvalue weighted by Crippen LogP contribution is 2.35. The molecule has 144 valence electrons. The number of carbonyl (C=O) groups is 1. The first-order valence-electron chi connectivity index (χ1n) is 9.43. The zero-order valence-corrected chi connectivity index (χ0v) is 16.7. The predicted octanol–water partition coefficient (Wildman–Crippen LogP) is 4.12. The van der Waals surface area contributed by atoms with E-state index in [0.717, 1.165) is 37.1 Å². The Balaban J connectivity index is 1.83. The molecule has 3 rings (SSSR count). The van der Waals surface area contributed by atoms with Gasteiger partial charge in [0.2, 0.25) is 5.91 Å². The average molecular weight is 387 g/mol. The summed E-state index contributed by atoms with van der Waals surface area (Å²) >= 11 is 6.44. The van der Waals surface area contributed by atoms with Gasteiger partial charge < -0.3 is 14.9 Å². The van der Waals surface area contributed by atoms with Gasteiger partial charge in [0.1, 0.15) is 5.75 Å². The predicted molar refractivity (Wildman–Crippen MR) is 109 cm³/mol. The van der Waals surface area contributed by atoms with Crippen LogP contribution in [0.25, 0.3) is 0 Å². The molecule has 2 aromatic rings. The summed E-state index contributed by atoms with van der Waals surface area (Å²) in [7, 11) is 4.03. The van der Waals surface area contributed by atoms with Crippen molar-refractivity contribution in [3.63, 3.8) is 0 Å². The minimum absolute atomic E-state index is 0.109. The number of hydrogen-bond acceptors (Lipinski definition) is 3. The first-order chi connectivity index (χ1) is 13.0. The number of likely N-dealkylation sites (tertiary alicyclic amines) is 1. The van der Waals surface area contributed by atoms with Crippen LogP contribution in [0.2, 0.25) is 5.02 Å². The zero-order valence-electron chi connectivity index (χ0n) is 15.9. The van der Waals surface area contributed by atoms with E-state index < -0.39 is 0 Å². The Kier molecular flexibility index (Phi) is 6.40. The number of phenols is 1. The Bertz CT molecular complexity index is 787. The Morgan fingerprint density at radius 2 is 1.93 bits per heavy atom. The van der Waals surface area contributed by atoms with Gasteiger partial charge in [0, 0.05) is 30.5 Å². The summed E-state index contributed by atoms with van der Waals surface area (Å²) in [5, 5.41) is 10.6. The van der Waals surface area contributed by atoms with Crippen LogP contribution < -0.4 is 0 Å². The third-order valence-corrected chi connectivity index (χ3v) is 5.91. The average Bonchev–Trinajstić information content (AvgIpc) is 2.66. The molecule has 1 N–H and O–H groups in total. The van der Waals surface area contributed by atoms with Crippen LogP contribution in [0.4, 0.5) is 0 Å². The maximum absolute atomic E-state index is 13.1. The number of piperidine rings is 1. The Hall–Kier alpha value is -2.04. The quantitative estimate of drug-likeness (QED) is 0.840. The van der Waals surface area contributed by atoms with Crippen molar-refractivity contribution in [3.05, 3.63) is 64.7 Å². The summed E-state index contributed by atoms with van der Waals surface area (Å²) < 4.78 is 0. The van der Waals surface area contributed by atoms with Crippen LogP contribution in [-0.2, 0) is 4.79 Å². The van der Waals surface area contributed by atoms with Gasteiger partial charge >= 0.3 is 0 Å². The Morgan fingerprint density at radius 1 is 1.22 bits per heavy atom. The zero-order chi connectivity index (χ0) is 19.4. The topological polar surface area (TPSA) is 43.8 Å². The van der Waals surface area contributed by atoms with Crippen molar-refractivity contribution >= 4 is 17.5 Å². The molecule has 0 aromatic heterocycles. The maximum Gasteiger partial charge on any atom is 0.223 e. The van der Waals surface area contributed by atoms with Gasteiger partial charge in [-0.15, -0.1) is 0 Å². The lowest BCUT2D eigenvalue weighted by Gasteiger charge is -2.35. The highest BCUT2D eigenvalue weighted by molar-refractivity contribution is 6.31. The van der Waals surface area contributed by atoms with Gasteiger partial charge in [0.25, 0.3) is 0 Å². The Labute approximate surface area is 166 Å². The van der Waals surface area contributed by atoms with Gasteiger partial charge in [0.05, 0.1) is 0 Å². The summed E-state index contributed by atoms with van der Waals surface area (Å²) in [6.07, 6.45) is 2.33. The van der Waals surface area contributed by atoms with Crippen LogP contribution in [0, 0.1) is 0 Å². The van der Waals surface area contributed by atoms with Gasteiger partial charge in [-0.05, 0) is 62.3 Å². The number of benzene rings is 2. The minimum atomic E-state index is -0.188. The molecule has 1 saturated heterocycles. The summed E-state index contributed by atoms with van der Waals surface area (Å²) in [5.41, 5.74) is 1.81. The molecule has 1 fully saturated rings. The summed E-state index contributed by atoms with van der Waals surface area (Å²) in [6.45, 7) is 2.03. The lowest BCUT2D eigenvalue weighted by Crippen LogP contribution is -2.44. The van der Waals surface area contributed by atoms with Crippen molar-refractivity contribution in [2.75, 3.05) is 27.2 Å². The number of carbonyl (C=O) groups excluding carboxylic acids is 1. The molecule has 27 heavy (non-hydrogen) atoms. The van der Waals surface area contributed by atoms with E-state index >= 15 is 0 Å². The molecule has 5 heteroatoms. The fourth-order valence-electron chi connectivity index (χ4n) is 3.81. The molecule has 0 aliphatic carbocycles. The number of hydrogen-bond donors (Lipinski definition) is 1. The number of aromatic hydroxyl groups is 1. The van der Waals surface area contributed by atoms with Gasteiger partial charge in [-0.2, -0.15) is 0 Å². The van der Waals surface area contributed by atoms with E-state index in [1.807, 2.05) is 42.3 Å². The third kappa shape index (κ3) is 4.82. The Morgan fingerprint density at radius 3 is 2.59 bits per heavy atom. The molecule has 1 amide bonds. The van der Waals surface area contributed by atoms with Crippen LogP contribution >= 0.6 is 11.6 Å². The molecule has 0 bridgehead atoms. The largest absolute Gasteiger partial charge is 0.508 e. The van der Waals surface area contributed by atoms with Crippen LogP contribution in [-0.4, -0.2) is 54.0 Å².